The molecule has 8 heteroatoms. The zero-order valence-electron chi connectivity index (χ0n) is 14.5. The van der Waals surface area contributed by atoms with Gasteiger partial charge in [-0.25, -0.2) is 0 Å². The normalized spacial score (nSPS) is 15.0. The summed E-state index contributed by atoms with van der Waals surface area (Å²) >= 11 is 3.43. The SMILES string of the molecule is CN=C(NCCN1C(=O)CCCC1=O)N(C)Cc1ccc(Br)cc1.I. The van der Waals surface area contributed by atoms with E-state index in [-0.39, 0.29) is 35.8 Å². The molecule has 1 fully saturated rings. The predicted molar refractivity (Wildman–Crippen MR) is 113 cm³/mol. The largest absolute Gasteiger partial charge is 0.354 e. The van der Waals surface area contributed by atoms with Crippen LogP contribution in [-0.4, -0.2) is 54.8 Å². The number of aliphatic imine (C=N–C) groups is 1. The number of guanidine groups is 1. The van der Waals surface area contributed by atoms with Crippen molar-refractivity contribution in [3.05, 3.63) is 34.3 Å². The Balaban J connectivity index is 0.00000312. The van der Waals surface area contributed by atoms with Crippen LogP contribution in [0.3, 0.4) is 0 Å². The quantitative estimate of drug-likeness (QED) is 0.279. The van der Waals surface area contributed by atoms with Crippen LogP contribution in [0.2, 0.25) is 0 Å². The van der Waals surface area contributed by atoms with E-state index in [2.05, 4.69) is 38.4 Å². The van der Waals surface area contributed by atoms with Gasteiger partial charge in [0.25, 0.3) is 0 Å². The van der Waals surface area contributed by atoms with Crippen molar-refractivity contribution in [1.29, 1.82) is 0 Å². The number of halogens is 2. The van der Waals surface area contributed by atoms with Gasteiger partial charge in [-0.2, -0.15) is 0 Å². The second-order valence-corrected chi connectivity index (χ2v) is 6.66. The second kappa shape index (κ2) is 10.7. The number of carbonyl (C=O) groups excluding carboxylic acids is 2. The number of hydrogen-bond donors (Lipinski definition) is 1. The number of likely N-dealkylation sites (tertiary alicyclic amines) is 1. The van der Waals surface area contributed by atoms with E-state index >= 15 is 0 Å². The highest BCUT2D eigenvalue weighted by atomic mass is 127. The molecule has 0 radical (unpaired) electrons. The Morgan fingerprint density at radius 2 is 1.84 bits per heavy atom. The number of rotatable bonds is 5. The number of hydrogen-bond acceptors (Lipinski definition) is 3. The summed E-state index contributed by atoms with van der Waals surface area (Å²) in [5.41, 5.74) is 1.17. The molecule has 1 saturated heterocycles. The molecule has 1 heterocycles. The van der Waals surface area contributed by atoms with E-state index < -0.39 is 0 Å². The van der Waals surface area contributed by atoms with Crippen molar-refractivity contribution >= 4 is 57.7 Å². The Labute approximate surface area is 174 Å². The molecule has 1 aliphatic heterocycles. The maximum atomic E-state index is 11.8. The van der Waals surface area contributed by atoms with Gasteiger partial charge in [0.1, 0.15) is 0 Å². The second-order valence-electron chi connectivity index (χ2n) is 5.75. The molecule has 0 unspecified atom stereocenters. The standard InChI is InChI=1S/C17H23BrN4O2.HI/c1-19-17(21(2)12-13-6-8-14(18)9-7-13)20-10-11-22-15(23)4-3-5-16(22)24;/h6-9H,3-5,10-12H2,1-2H3,(H,19,20);1H. The van der Waals surface area contributed by atoms with Crippen molar-refractivity contribution in [3.8, 4) is 0 Å². The zero-order chi connectivity index (χ0) is 17.5. The number of imide groups is 1. The molecule has 0 bridgehead atoms. The Morgan fingerprint density at radius 3 is 2.40 bits per heavy atom. The summed E-state index contributed by atoms with van der Waals surface area (Å²) in [5.74, 6) is 0.576. The number of nitrogens with zero attached hydrogens (tertiary/aromatic N) is 3. The molecule has 6 nitrogen and oxygen atoms in total. The molecule has 1 aromatic rings. The van der Waals surface area contributed by atoms with Crippen molar-refractivity contribution in [1.82, 2.24) is 15.1 Å². The molecule has 2 rings (SSSR count). The van der Waals surface area contributed by atoms with Crippen LogP contribution in [-0.2, 0) is 16.1 Å². The number of piperidine rings is 1. The molecule has 0 spiro atoms. The van der Waals surface area contributed by atoms with E-state index in [9.17, 15) is 9.59 Å². The van der Waals surface area contributed by atoms with Crippen LogP contribution in [0.5, 0.6) is 0 Å². The lowest BCUT2D eigenvalue weighted by molar-refractivity contribution is -0.147. The van der Waals surface area contributed by atoms with Crippen molar-refractivity contribution in [2.45, 2.75) is 25.8 Å². The van der Waals surface area contributed by atoms with Gasteiger partial charge in [0.2, 0.25) is 11.8 Å². The van der Waals surface area contributed by atoms with Crippen LogP contribution >= 0.6 is 39.9 Å². The van der Waals surface area contributed by atoms with E-state index in [4.69, 9.17) is 0 Å². The van der Waals surface area contributed by atoms with Crippen LogP contribution in [0.1, 0.15) is 24.8 Å². The van der Waals surface area contributed by atoms with Gasteiger partial charge in [-0.15, -0.1) is 24.0 Å². The maximum absolute atomic E-state index is 11.8. The molecule has 0 saturated carbocycles. The van der Waals surface area contributed by atoms with Gasteiger partial charge in [0, 0.05) is 51.0 Å². The molecule has 0 aromatic heterocycles. The minimum atomic E-state index is -0.0775. The highest BCUT2D eigenvalue weighted by Gasteiger charge is 2.25. The average molecular weight is 523 g/mol. The molecule has 1 aromatic carbocycles. The van der Waals surface area contributed by atoms with Gasteiger partial charge in [-0.1, -0.05) is 28.1 Å². The van der Waals surface area contributed by atoms with Crippen molar-refractivity contribution in [2.24, 2.45) is 4.99 Å². The van der Waals surface area contributed by atoms with Crippen molar-refractivity contribution in [2.75, 3.05) is 27.2 Å². The molecule has 138 valence electrons. The van der Waals surface area contributed by atoms with Crippen LogP contribution in [0.4, 0.5) is 0 Å². The molecule has 2 amide bonds. The first kappa shape index (κ1) is 21.9. The minimum absolute atomic E-state index is 0. The van der Waals surface area contributed by atoms with Gasteiger partial charge in [-0.05, 0) is 24.1 Å². The van der Waals surface area contributed by atoms with Gasteiger partial charge in [0.15, 0.2) is 5.96 Å². The molecular formula is C17H24BrIN4O2. The van der Waals surface area contributed by atoms with Crippen LogP contribution in [0.25, 0.3) is 0 Å². The molecular weight excluding hydrogens is 499 g/mol. The highest BCUT2D eigenvalue weighted by Crippen LogP contribution is 2.12. The topological polar surface area (TPSA) is 65.0 Å². The fourth-order valence-corrected chi connectivity index (χ4v) is 2.92. The summed E-state index contributed by atoms with van der Waals surface area (Å²) in [6.07, 6.45) is 1.59. The lowest BCUT2D eigenvalue weighted by atomic mass is 10.1. The third kappa shape index (κ3) is 6.58. The first-order chi connectivity index (χ1) is 11.5. The Hall–Kier alpha value is -1.16. The summed E-state index contributed by atoms with van der Waals surface area (Å²) < 4.78 is 1.05. The molecule has 0 atom stereocenters. The first-order valence-electron chi connectivity index (χ1n) is 8.00. The summed E-state index contributed by atoms with van der Waals surface area (Å²) in [6.45, 7) is 1.59. The highest BCUT2D eigenvalue weighted by molar-refractivity contribution is 14.0. The summed E-state index contributed by atoms with van der Waals surface area (Å²) in [6, 6.07) is 8.12. The monoisotopic (exact) mass is 522 g/mol. The first-order valence-corrected chi connectivity index (χ1v) is 8.80. The number of amides is 2. The van der Waals surface area contributed by atoms with E-state index in [1.165, 1.54) is 10.5 Å². The maximum Gasteiger partial charge on any atom is 0.229 e. The number of benzene rings is 1. The smallest absolute Gasteiger partial charge is 0.229 e. The Bertz CT molecular complexity index is 606. The fourth-order valence-electron chi connectivity index (χ4n) is 2.65. The van der Waals surface area contributed by atoms with Gasteiger partial charge in [0.05, 0.1) is 0 Å². The predicted octanol–water partition coefficient (Wildman–Crippen LogP) is 2.61. The lowest BCUT2D eigenvalue weighted by Gasteiger charge is -2.26. The van der Waals surface area contributed by atoms with Crippen molar-refractivity contribution < 1.29 is 9.59 Å². The fraction of sp³-hybridized carbons (Fsp3) is 0.471. The van der Waals surface area contributed by atoms with E-state index in [0.29, 0.717) is 38.9 Å². The Kier molecular flexibility index (Phi) is 9.41. The lowest BCUT2D eigenvalue weighted by Crippen LogP contribution is -2.46. The molecule has 0 aliphatic carbocycles. The van der Waals surface area contributed by atoms with Gasteiger partial charge < -0.3 is 10.2 Å². The van der Waals surface area contributed by atoms with Crippen LogP contribution in [0, 0.1) is 0 Å². The van der Waals surface area contributed by atoms with E-state index in [1.807, 2.05) is 24.1 Å². The number of nitrogens with one attached hydrogen (secondary N) is 1. The van der Waals surface area contributed by atoms with E-state index in [0.717, 1.165) is 10.4 Å². The van der Waals surface area contributed by atoms with E-state index in [1.54, 1.807) is 7.05 Å². The molecule has 25 heavy (non-hydrogen) atoms. The Morgan fingerprint density at radius 1 is 1.24 bits per heavy atom. The van der Waals surface area contributed by atoms with Gasteiger partial charge >= 0.3 is 0 Å². The third-order valence-electron chi connectivity index (χ3n) is 3.91. The summed E-state index contributed by atoms with van der Waals surface area (Å²) in [4.78, 5) is 31.2. The summed E-state index contributed by atoms with van der Waals surface area (Å²) in [7, 11) is 3.67. The van der Waals surface area contributed by atoms with Crippen molar-refractivity contribution in [3.63, 3.8) is 0 Å². The zero-order valence-corrected chi connectivity index (χ0v) is 18.4. The minimum Gasteiger partial charge on any atom is -0.354 e. The molecule has 1 aliphatic rings. The summed E-state index contributed by atoms with van der Waals surface area (Å²) in [5, 5.41) is 3.21. The average Bonchev–Trinajstić information content (AvgIpc) is 2.56. The number of carbonyl (C=O) groups is 2. The third-order valence-corrected chi connectivity index (χ3v) is 4.44. The molecule has 1 N–H and O–H groups in total. The van der Waals surface area contributed by atoms with Gasteiger partial charge in [-0.3, -0.25) is 19.5 Å². The van der Waals surface area contributed by atoms with Crippen LogP contribution < -0.4 is 5.32 Å². The van der Waals surface area contributed by atoms with Crippen LogP contribution in [0.15, 0.2) is 33.7 Å².